The van der Waals surface area contributed by atoms with Gasteiger partial charge in [0.05, 0.1) is 17.0 Å². The zero-order valence-electron chi connectivity index (χ0n) is 17.1. The van der Waals surface area contributed by atoms with Crippen molar-refractivity contribution in [3.8, 4) is 23.1 Å². The standard InChI is InChI=1S/C24H18ClN5OS/c1-16-7-11-20(12-8-16)30-23(17-5-3-2-4-6-17)28-29-24(30)32-15-22(31)27-21-13-19(25)10-9-18(21)14-26/h2-13H,15H2,1H3,(H,27,31). The van der Waals surface area contributed by atoms with Gasteiger partial charge in [-0.15, -0.1) is 10.2 Å². The van der Waals surface area contributed by atoms with Gasteiger partial charge in [-0.05, 0) is 37.3 Å². The highest BCUT2D eigenvalue weighted by atomic mass is 35.5. The van der Waals surface area contributed by atoms with Crippen LogP contribution in [0.15, 0.2) is 78.0 Å². The zero-order chi connectivity index (χ0) is 22.5. The quantitative estimate of drug-likeness (QED) is 0.385. The Morgan fingerprint density at radius 2 is 1.84 bits per heavy atom. The second kappa shape index (κ2) is 9.69. The molecule has 0 saturated carbocycles. The van der Waals surface area contributed by atoms with Crippen LogP contribution in [0.4, 0.5) is 5.69 Å². The Balaban J connectivity index is 1.60. The van der Waals surface area contributed by atoms with Crippen LogP contribution in [0, 0.1) is 18.3 Å². The van der Waals surface area contributed by atoms with Gasteiger partial charge >= 0.3 is 0 Å². The first-order valence-corrected chi connectivity index (χ1v) is 11.1. The van der Waals surface area contributed by atoms with Crippen molar-refractivity contribution in [2.75, 3.05) is 11.1 Å². The van der Waals surface area contributed by atoms with Crippen molar-refractivity contribution in [3.05, 3.63) is 88.9 Å². The summed E-state index contributed by atoms with van der Waals surface area (Å²) in [4.78, 5) is 12.6. The molecule has 1 amide bonds. The van der Waals surface area contributed by atoms with Crippen molar-refractivity contribution >= 4 is 35.0 Å². The van der Waals surface area contributed by atoms with Crippen LogP contribution in [0.5, 0.6) is 0 Å². The summed E-state index contributed by atoms with van der Waals surface area (Å²) in [6, 6.07) is 24.6. The van der Waals surface area contributed by atoms with E-state index in [1.54, 1.807) is 18.2 Å². The predicted molar refractivity (Wildman–Crippen MR) is 127 cm³/mol. The van der Waals surface area contributed by atoms with Gasteiger partial charge in [-0.2, -0.15) is 5.26 Å². The SMILES string of the molecule is Cc1ccc(-n2c(SCC(=O)Nc3cc(Cl)ccc3C#N)nnc2-c2ccccc2)cc1. The van der Waals surface area contributed by atoms with Gasteiger partial charge in [0.15, 0.2) is 11.0 Å². The molecule has 1 N–H and O–H groups in total. The summed E-state index contributed by atoms with van der Waals surface area (Å²) in [5.74, 6) is 0.517. The third kappa shape index (κ3) is 4.83. The lowest BCUT2D eigenvalue weighted by Crippen LogP contribution is -2.15. The van der Waals surface area contributed by atoms with E-state index in [4.69, 9.17) is 11.6 Å². The summed E-state index contributed by atoms with van der Waals surface area (Å²) >= 11 is 7.27. The Hall–Kier alpha value is -3.60. The van der Waals surface area contributed by atoms with E-state index in [2.05, 4.69) is 21.6 Å². The zero-order valence-corrected chi connectivity index (χ0v) is 18.7. The average molecular weight is 460 g/mol. The summed E-state index contributed by atoms with van der Waals surface area (Å²) in [7, 11) is 0. The van der Waals surface area contributed by atoms with Crippen molar-refractivity contribution in [1.82, 2.24) is 14.8 Å². The molecule has 8 heteroatoms. The number of rotatable bonds is 6. The van der Waals surface area contributed by atoms with Crippen LogP contribution in [-0.4, -0.2) is 26.4 Å². The third-order valence-electron chi connectivity index (χ3n) is 4.67. The van der Waals surface area contributed by atoms with Gasteiger partial charge in [-0.1, -0.05) is 71.4 Å². The number of aromatic nitrogens is 3. The maximum Gasteiger partial charge on any atom is 0.234 e. The van der Waals surface area contributed by atoms with E-state index < -0.39 is 0 Å². The molecule has 32 heavy (non-hydrogen) atoms. The number of carbonyl (C=O) groups is 1. The summed E-state index contributed by atoms with van der Waals surface area (Å²) in [5.41, 5.74) is 3.71. The van der Waals surface area contributed by atoms with Gasteiger partial charge in [-0.25, -0.2) is 0 Å². The minimum Gasteiger partial charge on any atom is -0.324 e. The summed E-state index contributed by atoms with van der Waals surface area (Å²) in [6.45, 7) is 2.03. The molecule has 0 atom stereocenters. The van der Waals surface area contributed by atoms with E-state index >= 15 is 0 Å². The largest absolute Gasteiger partial charge is 0.324 e. The Morgan fingerprint density at radius 1 is 1.09 bits per heavy atom. The summed E-state index contributed by atoms with van der Waals surface area (Å²) in [6.07, 6.45) is 0. The van der Waals surface area contributed by atoms with Crippen molar-refractivity contribution in [3.63, 3.8) is 0 Å². The van der Waals surface area contributed by atoms with Gasteiger partial charge < -0.3 is 5.32 Å². The normalized spacial score (nSPS) is 10.5. The molecule has 158 valence electrons. The fraction of sp³-hybridized carbons (Fsp3) is 0.0833. The average Bonchev–Trinajstić information content (AvgIpc) is 3.23. The summed E-state index contributed by atoms with van der Waals surface area (Å²) < 4.78 is 1.94. The second-order valence-electron chi connectivity index (χ2n) is 6.98. The number of carbonyl (C=O) groups excluding carboxylic acids is 1. The molecule has 1 heterocycles. The highest BCUT2D eigenvalue weighted by Crippen LogP contribution is 2.28. The minimum atomic E-state index is -0.270. The van der Waals surface area contributed by atoms with E-state index in [9.17, 15) is 10.1 Å². The molecule has 0 saturated heterocycles. The van der Waals surface area contributed by atoms with Gasteiger partial charge in [-0.3, -0.25) is 9.36 Å². The number of aryl methyl sites for hydroxylation is 1. The van der Waals surface area contributed by atoms with Crippen LogP contribution in [-0.2, 0) is 4.79 Å². The van der Waals surface area contributed by atoms with Crippen molar-refractivity contribution < 1.29 is 4.79 Å². The molecule has 0 aliphatic rings. The third-order valence-corrected chi connectivity index (χ3v) is 5.83. The predicted octanol–water partition coefficient (Wildman–Crippen LogP) is 5.50. The smallest absolute Gasteiger partial charge is 0.234 e. The minimum absolute atomic E-state index is 0.0934. The number of halogens is 1. The van der Waals surface area contributed by atoms with Gasteiger partial charge in [0.2, 0.25) is 5.91 Å². The van der Waals surface area contributed by atoms with Crippen molar-refractivity contribution in [1.29, 1.82) is 5.26 Å². The Morgan fingerprint density at radius 3 is 2.56 bits per heavy atom. The molecule has 0 fully saturated rings. The molecular formula is C24H18ClN5OS. The van der Waals surface area contributed by atoms with Crippen LogP contribution in [0.2, 0.25) is 5.02 Å². The number of nitrogens with zero attached hydrogens (tertiary/aromatic N) is 4. The van der Waals surface area contributed by atoms with Crippen LogP contribution in [0.1, 0.15) is 11.1 Å². The Bertz CT molecular complexity index is 1300. The fourth-order valence-corrected chi connectivity index (χ4v) is 4.02. The van der Waals surface area contributed by atoms with Gasteiger partial charge in [0.25, 0.3) is 0 Å². The van der Waals surface area contributed by atoms with Crippen molar-refractivity contribution in [2.45, 2.75) is 12.1 Å². The molecule has 4 rings (SSSR count). The van der Waals surface area contributed by atoms with Crippen LogP contribution in [0.25, 0.3) is 17.1 Å². The molecule has 0 spiro atoms. The van der Waals surface area contributed by atoms with Crippen LogP contribution < -0.4 is 5.32 Å². The number of hydrogen-bond donors (Lipinski definition) is 1. The lowest BCUT2D eigenvalue weighted by atomic mass is 10.2. The number of benzene rings is 3. The van der Waals surface area contributed by atoms with Crippen molar-refractivity contribution in [2.24, 2.45) is 0 Å². The van der Waals surface area contributed by atoms with E-state index in [-0.39, 0.29) is 11.7 Å². The van der Waals surface area contributed by atoms with Crippen LogP contribution in [0.3, 0.4) is 0 Å². The number of nitrogens with one attached hydrogen (secondary N) is 1. The number of thioether (sulfide) groups is 1. The summed E-state index contributed by atoms with van der Waals surface area (Å²) in [5, 5.41) is 21.8. The fourth-order valence-electron chi connectivity index (χ4n) is 3.10. The molecule has 0 unspecified atom stereocenters. The van der Waals surface area contributed by atoms with E-state index in [0.717, 1.165) is 16.8 Å². The maximum absolute atomic E-state index is 12.6. The molecule has 0 bridgehead atoms. The first-order valence-electron chi connectivity index (χ1n) is 9.75. The lowest BCUT2D eigenvalue weighted by Gasteiger charge is -2.11. The van der Waals surface area contributed by atoms with Crippen LogP contribution >= 0.6 is 23.4 Å². The molecule has 3 aromatic carbocycles. The van der Waals surface area contributed by atoms with Gasteiger partial charge in [0, 0.05) is 16.3 Å². The molecule has 1 aromatic heterocycles. The molecule has 0 aliphatic heterocycles. The molecular weight excluding hydrogens is 442 g/mol. The first kappa shape index (κ1) is 21.6. The van der Waals surface area contributed by atoms with E-state index in [1.165, 1.54) is 11.8 Å². The molecule has 4 aromatic rings. The molecule has 0 radical (unpaired) electrons. The number of hydrogen-bond acceptors (Lipinski definition) is 5. The monoisotopic (exact) mass is 459 g/mol. The topological polar surface area (TPSA) is 83.6 Å². The highest BCUT2D eigenvalue weighted by Gasteiger charge is 2.17. The molecule has 0 aliphatic carbocycles. The number of nitriles is 1. The van der Waals surface area contributed by atoms with E-state index in [1.807, 2.05) is 66.1 Å². The second-order valence-corrected chi connectivity index (χ2v) is 8.36. The Kier molecular flexibility index (Phi) is 6.55. The first-order chi connectivity index (χ1) is 15.5. The Labute approximate surface area is 194 Å². The molecule has 6 nitrogen and oxygen atoms in total. The lowest BCUT2D eigenvalue weighted by molar-refractivity contribution is -0.113. The number of anilines is 1. The van der Waals surface area contributed by atoms with E-state index in [0.29, 0.717) is 27.3 Å². The van der Waals surface area contributed by atoms with Gasteiger partial charge in [0.1, 0.15) is 6.07 Å². The maximum atomic E-state index is 12.6. The highest BCUT2D eigenvalue weighted by molar-refractivity contribution is 7.99. The number of amides is 1.